The van der Waals surface area contributed by atoms with E-state index < -0.39 is 21.9 Å². The molecule has 0 saturated carbocycles. The van der Waals surface area contributed by atoms with Crippen molar-refractivity contribution in [3.63, 3.8) is 0 Å². The van der Waals surface area contributed by atoms with E-state index in [-0.39, 0.29) is 36.2 Å². The van der Waals surface area contributed by atoms with Gasteiger partial charge in [-0.25, -0.2) is 13.1 Å². The molecule has 3 heterocycles. The highest BCUT2D eigenvalue weighted by Crippen LogP contribution is 2.40. The van der Waals surface area contributed by atoms with Crippen LogP contribution in [0.3, 0.4) is 0 Å². The summed E-state index contributed by atoms with van der Waals surface area (Å²) in [4.78, 5) is 18.0. The van der Waals surface area contributed by atoms with E-state index in [1.165, 1.54) is 0 Å². The van der Waals surface area contributed by atoms with Gasteiger partial charge in [0.05, 0.1) is 30.4 Å². The summed E-state index contributed by atoms with van der Waals surface area (Å²) in [5, 5.41) is 12.7. The molecule has 256 valence electrons. The molecule has 11 heteroatoms. The van der Waals surface area contributed by atoms with Crippen molar-refractivity contribution in [3.8, 4) is 0 Å². The lowest BCUT2D eigenvalue weighted by Gasteiger charge is -2.45. The molecule has 10 nitrogen and oxygen atoms in total. The van der Waals surface area contributed by atoms with Gasteiger partial charge in [0, 0.05) is 43.9 Å². The van der Waals surface area contributed by atoms with Gasteiger partial charge in [-0.3, -0.25) is 4.79 Å². The molecule has 3 aliphatic rings. The summed E-state index contributed by atoms with van der Waals surface area (Å²) in [5.41, 5.74) is 4.01. The predicted octanol–water partition coefficient (Wildman–Crippen LogP) is 4.63. The maximum Gasteiger partial charge on any atom is 0.247 e. The normalized spacial score (nSPS) is 22.7. The number of nitrogens with one attached hydrogen (secondary N) is 2. The van der Waals surface area contributed by atoms with Crippen molar-refractivity contribution in [1.29, 1.82) is 0 Å². The molecule has 3 aliphatic heterocycles. The third-order valence-corrected chi connectivity index (χ3v) is 11.4. The minimum Gasteiger partial charge on any atom is -0.392 e. The van der Waals surface area contributed by atoms with Crippen molar-refractivity contribution in [2.24, 2.45) is 0 Å². The molecule has 0 bridgehead atoms. The van der Waals surface area contributed by atoms with Gasteiger partial charge in [-0.1, -0.05) is 84.9 Å². The number of sulfonamides is 1. The fourth-order valence-corrected chi connectivity index (χ4v) is 8.15. The first-order valence-corrected chi connectivity index (χ1v) is 18.3. The zero-order chi connectivity index (χ0) is 33.8. The molecule has 0 radical (unpaired) electrons. The van der Waals surface area contributed by atoms with Crippen LogP contribution < -0.4 is 14.9 Å². The zero-order valence-corrected chi connectivity index (χ0v) is 28.1. The Hall–Kier alpha value is -4.10. The van der Waals surface area contributed by atoms with Crippen LogP contribution in [0.15, 0.2) is 114 Å². The number of likely N-dealkylation sites (tertiary alicyclic amines) is 1. The molecule has 7 rings (SSSR count). The van der Waals surface area contributed by atoms with Crippen LogP contribution >= 0.6 is 0 Å². The van der Waals surface area contributed by atoms with E-state index in [9.17, 15) is 18.3 Å². The van der Waals surface area contributed by atoms with Crippen LogP contribution in [0.5, 0.6) is 0 Å². The van der Waals surface area contributed by atoms with E-state index >= 15 is 0 Å². The van der Waals surface area contributed by atoms with Crippen LogP contribution in [-0.4, -0.2) is 62.3 Å². The number of hydrogen-bond acceptors (Lipinski definition) is 8. The molecular weight excluding hydrogens is 641 g/mol. The van der Waals surface area contributed by atoms with Crippen molar-refractivity contribution < 1.29 is 27.8 Å². The zero-order valence-electron chi connectivity index (χ0n) is 27.3. The number of benzene rings is 4. The number of carbonyl (C=O) groups excluding carboxylic acids is 1. The van der Waals surface area contributed by atoms with Crippen LogP contribution in [0.25, 0.3) is 0 Å². The number of piperidine rings is 1. The molecule has 3 fully saturated rings. The number of para-hydroxylation sites is 1. The summed E-state index contributed by atoms with van der Waals surface area (Å²) in [7, 11) is -3.63. The van der Waals surface area contributed by atoms with Gasteiger partial charge < -0.3 is 29.7 Å². The summed E-state index contributed by atoms with van der Waals surface area (Å²) in [5.74, 6) is 0.0982. The number of ether oxygens (including phenoxy) is 2. The summed E-state index contributed by atoms with van der Waals surface area (Å²) in [6, 6.07) is 33.9. The lowest BCUT2D eigenvalue weighted by molar-refractivity contribution is -0.253. The second-order valence-corrected chi connectivity index (χ2v) is 14.8. The highest BCUT2D eigenvalue weighted by atomic mass is 32.2. The number of amides is 1. The summed E-state index contributed by atoms with van der Waals surface area (Å²) < 4.78 is 41.2. The maximum absolute atomic E-state index is 13.2. The number of rotatable bonds is 10. The molecular formula is C38H42N4O6S. The van der Waals surface area contributed by atoms with Crippen molar-refractivity contribution >= 4 is 21.6 Å². The van der Waals surface area contributed by atoms with E-state index in [4.69, 9.17) is 9.47 Å². The maximum atomic E-state index is 13.2. The number of hydrogen-bond donors (Lipinski definition) is 3. The standard InChI is InChI=1S/C38H42N4O6S/c43-26-29-13-15-30(16-14-29)35-23-33(25-41-21-19-38(20-22-41)37(44)39-27-42(38)32-7-3-1-4-8-32)47-36(48-35)31-17-11-28(12-18-31)24-40-49(45,46)34-9-5-2-6-10-34/h1-18,33,35-36,40,43H,19-27H2,(H,39,44). The Kier molecular flexibility index (Phi) is 9.82. The average molecular weight is 683 g/mol. The molecule has 49 heavy (non-hydrogen) atoms. The smallest absolute Gasteiger partial charge is 0.247 e. The highest BCUT2D eigenvalue weighted by molar-refractivity contribution is 7.89. The third kappa shape index (κ3) is 7.28. The second kappa shape index (κ2) is 14.4. The molecule has 0 aliphatic carbocycles. The van der Waals surface area contributed by atoms with E-state index in [1.54, 1.807) is 30.3 Å². The number of nitrogens with zero attached hydrogens (tertiary/aromatic N) is 2. The predicted molar refractivity (Wildman–Crippen MR) is 186 cm³/mol. The van der Waals surface area contributed by atoms with Crippen LogP contribution in [-0.2, 0) is 37.4 Å². The highest BCUT2D eigenvalue weighted by Gasteiger charge is 2.50. The van der Waals surface area contributed by atoms with Crippen LogP contribution in [0, 0.1) is 0 Å². The van der Waals surface area contributed by atoms with Gasteiger partial charge in [0.2, 0.25) is 15.9 Å². The van der Waals surface area contributed by atoms with Gasteiger partial charge in [-0.2, -0.15) is 0 Å². The summed E-state index contributed by atoms with van der Waals surface area (Å²) in [6.45, 7) is 2.89. The van der Waals surface area contributed by atoms with Crippen LogP contribution in [0.4, 0.5) is 5.69 Å². The first-order chi connectivity index (χ1) is 23.8. The lowest BCUT2D eigenvalue weighted by atomic mass is 9.85. The SMILES string of the molecule is O=C1NCN(c2ccccc2)C12CCN(CC1CC(c3ccc(CO)cc3)OC(c3ccc(CNS(=O)(=O)c4ccccc4)cc3)O1)CC2. The Morgan fingerprint density at radius 3 is 2.12 bits per heavy atom. The van der Waals surface area contributed by atoms with Gasteiger partial charge in [0.25, 0.3) is 0 Å². The van der Waals surface area contributed by atoms with Crippen molar-refractivity contribution in [2.75, 3.05) is 31.2 Å². The Morgan fingerprint density at radius 1 is 0.816 bits per heavy atom. The number of aliphatic hydroxyl groups is 1. The molecule has 1 amide bonds. The molecule has 3 N–H and O–H groups in total. The number of carbonyl (C=O) groups is 1. The molecule has 3 unspecified atom stereocenters. The topological polar surface area (TPSA) is 120 Å². The first-order valence-electron chi connectivity index (χ1n) is 16.8. The average Bonchev–Trinajstić information content (AvgIpc) is 3.47. The van der Waals surface area contributed by atoms with E-state index in [0.717, 1.165) is 53.9 Å². The van der Waals surface area contributed by atoms with Crippen molar-refractivity contribution in [3.05, 3.63) is 131 Å². The van der Waals surface area contributed by atoms with Crippen LogP contribution in [0.2, 0.25) is 0 Å². The summed E-state index contributed by atoms with van der Waals surface area (Å²) in [6.07, 6.45) is 1.13. The number of anilines is 1. The Labute approximate surface area is 287 Å². The minimum absolute atomic E-state index is 0.0236. The largest absolute Gasteiger partial charge is 0.392 e. The van der Waals surface area contributed by atoms with Gasteiger partial charge in [0.15, 0.2) is 6.29 Å². The van der Waals surface area contributed by atoms with Crippen molar-refractivity contribution in [2.45, 2.75) is 61.3 Å². The summed E-state index contributed by atoms with van der Waals surface area (Å²) >= 11 is 0. The molecule has 4 aromatic carbocycles. The van der Waals surface area contributed by atoms with E-state index in [0.29, 0.717) is 19.6 Å². The quantitative estimate of drug-likeness (QED) is 0.222. The van der Waals surface area contributed by atoms with Gasteiger partial charge in [0.1, 0.15) is 5.54 Å². The molecule has 1 spiro atoms. The van der Waals surface area contributed by atoms with Gasteiger partial charge in [-0.15, -0.1) is 0 Å². The van der Waals surface area contributed by atoms with Gasteiger partial charge in [-0.05, 0) is 53.8 Å². The van der Waals surface area contributed by atoms with Crippen molar-refractivity contribution in [1.82, 2.24) is 14.9 Å². The fourth-order valence-electron chi connectivity index (χ4n) is 7.11. The minimum atomic E-state index is -3.63. The molecule has 3 saturated heterocycles. The Balaban J connectivity index is 1.04. The number of aliphatic hydroxyl groups excluding tert-OH is 1. The molecule has 0 aromatic heterocycles. The second-order valence-electron chi connectivity index (χ2n) is 13.0. The van der Waals surface area contributed by atoms with Crippen LogP contribution in [0.1, 0.15) is 53.9 Å². The molecule has 3 atom stereocenters. The van der Waals surface area contributed by atoms with Gasteiger partial charge >= 0.3 is 0 Å². The molecule has 4 aromatic rings. The third-order valence-electron chi connectivity index (χ3n) is 9.94. The Morgan fingerprint density at radius 2 is 1.45 bits per heavy atom. The lowest BCUT2D eigenvalue weighted by Crippen LogP contribution is -2.57. The fraction of sp³-hybridized carbons (Fsp3) is 0.342. The van der Waals surface area contributed by atoms with E-state index in [1.807, 2.05) is 66.7 Å². The van der Waals surface area contributed by atoms with E-state index in [2.05, 4.69) is 32.0 Å². The first kappa shape index (κ1) is 33.4. The Bertz CT molecular complexity index is 1820. The monoisotopic (exact) mass is 682 g/mol.